The van der Waals surface area contributed by atoms with E-state index in [4.69, 9.17) is 10.2 Å². The Hall–Kier alpha value is -1.42. The van der Waals surface area contributed by atoms with Gasteiger partial charge in [0.25, 0.3) is 0 Å². The van der Waals surface area contributed by atoms with E-state index in [1.165, 1.54) is 12.1 Å². The molecule has 1 rings (SSSR count). The first-order chi connectivity index (χ1) is 6.13. The van der Waals surface area contributed by atoms with Gasteiger partial charge in [0, 0.05) is 5.56 Å². The lowest BCUT2D eigenvalue weighted by atomic mass is 10.1. The van der Waals surface area contributed by atoms with E-state index < -0.39 is 11.8 Å². The molecule has 0 spiro atoms. The fourth-order valence-electron chi connectivity index (χ4n) is 1.00. The van der Waals surface area contributed by atoms with Crippen LogP contribution in [0.3, 0.4) is 0 Å². The van der Waals surface area contributed by atoms with Crippen molar-refractivity contribution in [3.05, 3.63) is 35.1 Å². The molecule has 0 heterocycles. The van der Waals surface area contributed by atoms with E-state index in [-0.39, 0.29) is 18.6 Å². The molecular weight excluding hydrogens is 175 g/mol. The summed E-state index contributed by atoms with van der Waals surface area (Å²) < 4.78 is 12.9. The van der Waals surface area contributed by atoms with Crippen molar-refractivity contribution in [1.82, 2.24) is 0 Å². The number of halogens is 1. The lowest BCUT2D eigenvalue weighted by Crippen LogP contribution is -2.01. The highest BCUT2D eigenvalue weighted by molar-refractivity contribution is 5.70. The number of carbonyl (C=O) groups is 1. The van der Waals surface area contributed by atoms with Crippen LogP contribution >= 0.6 is 0 Å². The summed E-state index contributed by atoms with van der Waals surface area (Å²) >= 11 is 0. The van der Waals surface area contributed by atoms with Crippen molar-refractivity contribution in [2.75, 3.05) is 0 Å². The van der Waals surface area contributed by atoms with Crippen molar-refractivity contribution in [1.29, 1.82) is 0 Å². The normalized spacial score (nSPS) is 10.0. The van der Waals surface area contributed by atoms with Crippen molar-refractivity contribution in [3.63, 3.8) is 0 Å². The van der Waals surface area contributed by atoms with E-state index in [0.717, 1.165) is 6.07 Å². The summed E-state index contributed by atoms with van der Waals surface area (Å²) in [5.41, 5.74) is 0.566. The Morgan fingerprint density at radius 1 is 1.46 bits per heavy atom. The number of rotatable bonds is 3. The van der Waals surface area contributed by atoms with Gasteiger partial charge >= 0.3 is 5.97 Å². The number of aliphatic hydroxyl groups is 1. The molecule has 0 aliphatic carbocycles. The Morgan fingerprint density at radius 3 is 2.62 bits per heavy atom. The molecule has 0 bridgehead atoms. The van der Waals surface area contributed by atoms with Crippen LogP contribution in [0.4, 0.5) is 4.39 Å². The summed E-state index contributed by atoms with van der Waals surface area (Å²) in [6.45, 7) is -0.376. The zero-order valence-corrected chi connectivity index (χ0v) is 6.83. The molecule has 4 heteroatoms. The number of benzene rings is 1. The van der Waals surface area contributed by atoms with Gasteiger partial charge in [0.1, 0.15) is 5.82 Å². The topological polar surface area (TPSA) is 57.5 Å². The fraction of sp³-hybridized carbons (Fsp3) is 0.222. The third-order valence-corrected chi connectivity index (χ3v) is 1.64. The van der Waals surface area contributed by atoms with Gasteiger partial charge in [-0.2, -0.15) is 0 Å². The van der Waals surface area contributed by atoms with Gasteiger partial charge in [-0.25, -0.2) is 4.39 Å². The molecule has 0 aliphatic heterocycles. The Bertz CT molecular complexity index is 323. The van der Waals surface area contributed by atoms with Gasteiger partial charge in [0.15, 0.2) is 0 Å². The molecule has 3 nitrogen and oxygen atoms in total. The van der Waals surface area contributed by atoms with Crippen molar-refractivity contribution >= 4 is 5.97 Å². The number of aliphatic carboxylic acids is 1. The molecule has 0 radical (unpaired) electrons. The summed E-state index contributed by atoms with van der Waals surface area (Å²) in [5, 5.41) is 17.0. The van der Waals surface area contributed by atoms with Crippen LogP contribution in [0.5, 0.6) is 0 Å². The van der Waals surface area contributed by atoms with E-state index in [1.54, 1.807) is 0 Å². The maximum atomic E-state index is 12.9. The van der Waals surface area contributed by atoms with Gasteiger partial charge in [-0.05, 0) is 11.6 Å². The van der Waals surface area contributed by atoms with Gasteiger partial charge < -0.3 is 10.2 Å². The van der Waals surface area contributed by atoms with E-state index in [1.807, 2.05) is 0 Å². The molecule has 0 unspecified atom stereocenters. The second kappa shape index (κ2) is 4.00. The predicted octanol–water partition coefficient (Wildman–Crippen LogP) is 0.945. The lowest BCUT2D eigenvalue weighted by Gasteiger charge is -2.01. The SMILES string of the molecule is O=C(O)Cc1ccc(CO)c(F)c1. The van der Waals surface area contributed by atoms with E-state index >= 15 is 0 Å². The minimum Gasteiger partial charge on any atom is -0.481 e. The number of hydrogen-bond donors (Lipinski definition) is 2. The standard InChI is InChI=1S/C9H9FO3/c10-8-3-6(4-9(12)13)1-2-7(8)5-11/h1-3,11H,4-5H2,(H,12,13). The van der Waals surface area contributed by atoms with Crippen molar-refractivity contribution in [2.45, 2.75) is 13.0 Å². The molecule has 0 aliphatic rings. The molecule has 1 aromatic carbocycles. The van der Waals surface area contributed by atoms with Gasteiger partial charge in [0.2, 0.25) is 0 Å². The van der Waals surface area contributed by atoms with Crippen LogP contribution in [-0.2, 0) is 17.8 Å². The first-order valence-corrected chi connectivity index (χ1v) is 3.73. The highest BCUT2D eigenvalue weighted by atomic mass is 19.1. The molecule has 0 saturated carbocycles. The van der Waals surface area contributed by atoms with Crippen molar-refractivity contribution in [2.24, 2.45) is 0 Å². The van der Waals surface area contributed by atoms with Gasteiger partial charge in [-0.15, -0.1) is 0 Å². The Kier molecular flexibility index (Phi) is 2.97. The first-order valence-electron chi connectivity index (χ1n) is 3.73. The van der Waals surface area contributed by atoms with Crippen molar-refractivity contribution in [3.8, 4) is 0 Å². The fourth-order valence-corrected chi connectivity index (χ4v) is 1.00. The molecule has 0 aromatic heterocycles. The number of aliphatic hydroxyl groups excluding tert-OH is 1. The summed E-state index contributed by atoms with van der Waals surface area (Å²) in [6, 6.07) is 4.00. The highest BCUT2D eigenvalue weighted by Crippen LogP contribution is 2.10. The molecule has 0 saturated heterocycles. The number of carboxylic acids is 1. The van der Waals surface area contributed by atoms with Gasteiger partial charge in [-0.1, -0.05) is 12.1 Å². The number of carboxylic acid groups (broad SMARTS) is 1. The second-order valence-corrected chi connectivity index (χ2v) is 2.65. The van der Waals surface area contributed by atoms with Crippen LogP contribution in [0.2, 0.25) is 0 Å². The molecule has 0 fully saturated rings. The summed E-state index contributed by atoms with van der Waals surface area (Å²) in [6.07, 6.45) is -0.206. The first kappa shape index (κ1) is 9.67. The predicted molar refractivity (Wildman–Crippen MR) is 43.7 cm³/mol. The number of hydrogen-bond acceptors (Lipinski definition) is 2. The third-order valence-electron chi connectivity index (χ3n) is 1.64. The van der Waals surface area contributed by atoms with Crippen LogP contribution in [0.25, 0.3) is 0 Å². The average Bonchev–Trinajstić information content (AvgIpc) is 2.03. The Morgan fingerprint density at radius 2 is 2.15 bits per heavy atom. The minimum absolute atomic E-state index is 0.175. The summed E-state index contributed by atoms with van der Waals surface area (Å²) in [4.78, 5) is 10.3. The van der Waals surface area contributed by atoms with E-state index in [2.05, 4.69) is 0 Å². The van der Waals surface area contributed by atoms with Crippen LogP contribution in [0.1, 0.15) is 11.1 Å². The molecular formula is C9H9FO3. The van der Waals surface area contributed by atoms with Crippen LogP contribution < -0.4 is 0 Å². The largest absolute Gasteiger partial charge is 0.481 e. The second-order valence-electron chi connectivity index (χ2n) is 2.65. The average molecular weight is 184 g/mol. The van der Waals surface area contributed by atoms with Crippen molar-refractivity contribution < 1.29 is 19.4 Å². The minimum atomic E-state index is -1.00. The van der Waals surface area contributed by atoms with Crippen LogP contribution in [-0.4, -0.2) is 16.2 Å². The van der Waals surface area contributed by atoms with E-state index in [0.29, 0.717) is 5.56 Å². The molecule has 0 amide bonds. The maximum Gasteiger partial charge on any atom is 0.307 e. The van der Waals surface area contributed by atoms with Gasteiger partial charge in [-0.3, -0.25) is 4.79 Å². The Balaban J connectivity index is 2.89. The van der Waals surface area contributed by atoms with Crippen LogP contribution in [0.15, 0.2) is 18.2 Å². The molecule has 70 valence electrons. The zero-order chi connectivity index (χ0) is 9.84. The molecule has 1 aromatic rings. The lowest BCUT2D eigenvalue weighted by molar-refractivity contribution is -0.136. The smallest absolute Gasteiger partial charge is 0.307 e. The molecule has 13 heavy (non-hydrogen) atoms. The highest BCUT2D eigenvalue weighted by Gasteiger charge is 2.04. The van der Waals surface area contributed by atoms with Crippen LogP contribution in [0, 0.1) is 5.82 Å². The van der Waals surface area contributed by atoms with Gasteiger partial charge in [0.05, 0.1) is 13.0 Å². The zero-order valence-electron chi connectivity index (χ0n) is 6.83. The Labute approximate surface area is 74.4 Å². The summed E-state index contributed by atoms with van der Waals surface area (Å²) in [5.74, 6) is -1.57. The maximum absolute atomic E-state index is 12.9. The third kappa shape index (κ3) is 2.52. The monoisotopic (exact) mass is 184 g/mol. The summed E-state index contributed by atoms with van der Waals surface area (Å²) in [7, 11) is 0. The molecule has 2 N–H and O–H groups in total. The van der Waals surface area contributed by atoms with E-state index in [9.17, 15) is 9.18 Å². The molecule has 0 atom stereocenters. The quantitative estimate of drug-likeness (QED) is 0.735.